The van der Waals surface area contributed by atoms with Gasteiger partial charge in [-0.15, -0.1) is 0 Å². The highest BCUT2D eigenvalue weighted by atomic mass is 19.4. The van der Waals surface area contributed by atoms with Crippen molar-refractivity contribution in [2.45, 2.75) is 12.4 Å². The van der Waals surface area contributed by atoms with Crippen LogP contribution in [0.1, 0.15) is 5.56 Å². The molecule has 146 valence electrons. The highest BCUT2D eigenvalue weighted by Gasteiger charge is 2.33. The molecule has 0 saturated heterocycles. The number of carbonyl (C=O) groups is 1. The first kappa shape index (κ1) is 19.4. The fraction of sp³-hybridized carbons (Fsp3) is 0.105. The third-order valence-corrected chi connectivity index (χ3v) is 3.89. The number of anilines is 1. The van der Waals surface area contributed by atoms with Crippen molar-refractivity contribution in [3.05, 3.63) is 83.6 Å². The van der Waals surface area contributed by atoms with E-state index >= 15 is 0 Å². The Morgan fingerprint density at radius 3 is 2.50 bits per heavy atom. The van der Waals surface area contributed by atoms with E-state index in [0.29, 0.717) is 12.1 Å². The van der Waals surface area contributed by atoms with E-state index in [1.807, 2.05) is 0 Å². The quantitative estimate of drug-likeness (QED) is 0.758. The van der Waals surface area contributed by atoms with Gasteiger partial charge in [-0.05, 0) is 42.5 Å². The zero-order chi connectivity index (χ0) is 20.5. The molecule has 1 heterocycles. The van der Waals surface area contributed by atoms with E-state index in [1.54, 1.807) is 0 Å². The highest BCUT2D eigenvalue weighted by Crippen LogP contribution is 2.34. The van der Waals surface area contributed by atoms with Gasteiger partial charge in [0.05, 0.1) is 16.8 Å². The zero-order valence-electron chi connectivity index (χ0n) is 14.0. The predicted molar refractivity (Wildman–Crippen MR) is 89.6 cm³/mol. The number of hydrogen-bond donors (Lipinski definition) is 1. The van der Waals surface area contributed by atoms with Crippen molar-refractivity contribution in [3.63, 3.8) is 0 Å². The molecule has 0 aliphatic carbocycles. The molecule has 0 spiro atoms. The van der Waals surface area contributed by atoms with E-state index in [4.69, 9.17) is 4.74 Å². The normalized spacial score (nSPS) is 16.7. The molecule has 0 amide bonds. The molecule has 2 aromatic carbocycles. The summed E-state index contributed by atoms with van der Waals surface area (Å²) >= 11 is 0. The molecule has 0 saturated carbocycles. The van der Waals surface area contributed by atoms with E-state index in [0.717, 1.165) is 29.2 Å². The lowest BCUT2D eigenvalue weighted by Gasteiger charge is -2.33. The average molecular weight is 397 g/mol. The Bertz CT molecular complexity index is 968. The number of carboxylic acids is 1. The summed E-state index contributed by atoms with van der Waals surface area (Å²) in [5.74, 6) is -3.51. The molecule has 0 bridgehead atoms. The van der Waals surface area contributed by atoms with Gasteiger partial charge in [0.25, 0.3) is 0 Å². The second kappa shape index (κ2) is 7.34. The first-order valence-corrected chi connectivity index (χ1v) is 7.86. The van der Waals surface area contributed by atoms with E-state index in [2.05, 4.69) is 0 Å². The Morgan fingerprint density at radius 2 is 1.86 bits per heavy atom. The minimum atomic E-state index is -4.62. The second-order valence-electron chi connectivity index (χ2n) is 5.77. The van der Waals surface area contributed by atoms with Crippen LogP contribution in [-0.4, -0.2) is 17.3 Å². The smallest absolute Gasteiger partial charge is 0.416 e. The van der Waals surface area contributed by atoms with Crippen LogP contribution in [0.3, 0.4) is 0 Å². The Labute approximate surface area is 155 Å². The van der Waals surface area contributed by atoms with Crippen molar-refractivity contribution in [1.29, 1.82) is 0 Å². The minimum absolute atomic E-state index is 0.207. The maximum Gasteiger partial charge on any atom is 0.416 e. The Kier molecular flexibility index (Phi) is 5.08. The van der Waals surface area contributed by atoms with Gasteiger partial charge in [0, 0.05) is 12.3 Å². The largest absolute Gasteiger partial charge is 0.478 e. The lowest BCUT2D eigenvalue weighted by molar-refractivity contribution is -0.138. The molecular formula is C19H12F5NO3. The van der Waals surface area contributed by atoms with Crippen molar-refractivity contribution in [2.75, 3.05) is 4.90 Å². The third kappa shape index (κ3) is 3.98. The lowest BCUT2D eigenvalue weighted by Crippen LogP contribution is -2.41. The zero-order valence-corrected chi connectivity index (χ0v) is 14.0. The number of allylic oxidation sites excluding steroid dienone is 2. The van der Waals surface area contributed by atoms with Gasteiger partial charge < -0.3 is 14.7 Å². The van der Waals surface area contributed by atoms with E-state index in [9.17, 15) is 31.9 Å². The van der Waals surface area contributed by atoms with E-state index in [-0.39, 0.29) is 17.0 Å². The molecule has 0 fully saturated rings. The van der Waals surface area contributed by atoms with E-state index in [1.165, 1.54) is 24.4 Å². The summed E-state index contributed by atoms with van der Waals surface area (Å²) in [7, 11) is 0. The van der Waals surface area contributed by atoms with Gasteiger partial charge in [0.1, 0.15) is 17.4 Å². The van der Waals surface area contributed by atoms with Gasteiger partial charge in [-0.2, -0.15) is 13.2 Å². The number of rotatable bonds is 4. The van der Waals surface area contributed by atoms with Gasteiger partial charge in [0.15, 0.2) is 0 Å². The van der Waals surface area contributed by atoms with E-state index < -0.39 is 35.6 Å². The number of carboxylic acid groups (broad SMARTS) is 1. The number of aliphatic carboxylic acids is 1. The van der Waals surface area contributed by atoms with Crippen molar-refractivity contribution < 1.29 is 36.6 Å². The Morgan fingerprint density at radius 1 is 1.11 bits per heavy atom. The van der Waals surface area contributed by atoms with Crippen LogP contribution in [-0.2, 0) is 11.0 Å². The summed E-state index contributed by atoms with van der Waals surface area (Å²) < 4.78 is 71.6. The fourth-order valence-corrected chi connectivity index (χ4v) is 2.62. The molecule has 0 aromatic heterocycles. The number of nitrogens with zero attached hydrogens (tertiary/aromatic N) is 1. The maximum absolute atomic E-state index is 14.2. The summed E-state index contributed by atoms with van der Waals surface area (Å²) in [4.78, 5) is 12.6. The second-order valence-corrected chi connectivity index (χ2v) is 5.77. The van der Waals surface area contributed by atoms with Crippen LogP contribution in [0.5, 0.6) is 5.75 Å². The Hall–Kier alpha value is -3.36. The van der Waals surface area contributed by atoms with Crippen molar-refractivity contribution in [3.8, 4) is 5.75 Å². The van der Waals surface area contributed by atoms with Gasteiger partial charge in [0.2, 0.25) is 6.23 Å². The molecule has 3 rings (SSSR count). The predicted octanol–water partition coefficient (Wildman–Crippen LogP) is 4.73. The fourth-order valence-electron chi connectivity index (χ4n) is 2.62. The lowest BCUT2D eigenvalue weighted by atomic mass is 10.1. The molecular weight excluding hydrogens is 385 g/mol. The third-order valence-electron chi connectivity index (χ3n) is 3.89. The minimum Gasteiger partial charge on any atom is -0.478 e. The molecule has 0 radical (unpaired) electrons. The summed E-state index contributed by atoms with van der Waals surface area (Å²) in [5, 5.41) is 9.41. The standard InChI is InChI=1S/C19H12F5NO3/c20-12-6-7-16(15(21)10-12)25-8-2-5-14(18(26)27)17(25)28-13-4-1-3-11(9-13)19(22,23)24/h1-10,17H,(H,26,27). The van der Waals surface area contributed by atoms with Gasteiger partial charge >= 0.3 is 12.1 Å². The number of hydrogen-bond acceptors (Lipinski definition) is 3. The first-order chi connectivity index (χ1) is 13.2. The van der Waals surface area contributed by atoms with Crippen LogP contribution in [0.2, 0.25) is 0 Å². The van der Waals surface area contributed by atoms with Crippen molar-refractivity contribution >= 4 is 11.7 Å². The molecule has 2 aromatic rings. The number of ether oxygens (including phenoxy) is 1. The summed E-state index contributed by atoms with van der Waals surface area (Å²) in [6.07, 6.45) is -2.34. The van der Waals surface area contributed by atoms with Gasteiger partial charge in [-0.25, -0.2) is 13.6 Å². The average Bonchev–Trinajstić information content (AvgIpc) is 2.61. The topological polar surface area (TPSA) is 49.8 Å². The molecule has 1 atom stereocenters. The van der Waals surface area contributed by atoms with Crippen LogP contribution in [0.4, 0.5) is 27.6 Å². The highest BCUT2D eigenvalue weighted by molar-refractivity contribution is 5.89. The molecule has 1 aliphatic rings. The molecule has 1 unspecified atom stereocenters. The SMILES string of the molecule is O=C(O)C1=CC=CN(c2ccc(F)cc2F)C1Oc1cccc(C(F)(F)F)c1. The molecule has 4 nitrogen and oxygen atoms in total. The number of alkyl halides is 3. The van der Waals surface area contributed by atoms with Crippen LogP contribution < -0.4 is 9.64 Å². The van der Waals surface area contributed by atoms with Crippen molar-refractivity contribution in [1.82, 2.24) is 0 Å². The van der Waals surface area contributed by atoms with Crippen molar-refractivity contribution in [2.24, 2.45) is 0 Å². The van der Waals surface area contributed by atoms with Crippen LogP contribution in [0.15, 0.2) is 66.4 Å². The van der Waals surface area contributed by atoms with Crippen LogP contribution in [0.25, 0.3) is 0 Å². The summed E-state index contributed by atoms with van der Waals surface area (Å²) in [6.45, 7) is 0. The molecule has 9 heteroatoms. The van der Waals surface area contributed by atoms with Crippen LogP contribution in [0, 0.1) is 11.6 Å². The first-order valence-electron chi connectivity index (χ1n) is 7.86. The summed E-state index contributed by atoms with van der Waals surface area (Å²) in [6, 6.07) is 6.49. The van der Waals surface area contributed by atoms with Gasteiger partial charge in [-0.1, -0.05) is 6.07 Å². The molecule has 1 N–H and O–H groups in total. The monoisotopic (exact) mass is 397 g/mol. The van der Waals surface area contributed by atoms with Crippen LogP contribution >= 0.6 is 0 Å². The van der Waals surface area contributed by atoms with Gasteiger partial charge in [-0.3, -0.25) is 0 Å². The number of benzene rings is 2. The Balaban J connectivity index is 2.01. The molecule has 1 aliphatic heterocycles. The number of halogens is 5. The maximum atomic E-state index is 14.2. The summed E-state index contributed by atoms with van der Waals surface area (Å²) in [5.41, 5.74) is -1.54. The molecule has 28 heavy (non-hydrogen) atoms.